The Labute approximate surface area is 137 Å². The minimum absolute atomic E-state index is 0.0584. The Kier molecular flexibility index (Phi) is 4.63. The number of likely N-dealkylation sites (N-methyl/N-ethyl adjacent to an activating group) is 1. The van der Waals surface area contributed by atoms with Crippen molar-refractivity contribution in [3.8, 4) is 0 Å². The molecular formula is C17H25N5O. The summed E-state index contributed by atoms with van der Waals surface area (Å²) in [6.07, 6.45) is 0. The third kappa shape index (κ3) is 3.54. The van der Waals surface area contributed by atoms with Crippen LogP contribution in [0.3, 0.4) is 0 Å². The van der Waals surface area contributed by atoms with Crippen molar-refractivity contribution >= 4 is 22.6 Å². The van der Waals surface area contributed by atoms with Gasteiger partial charge >= 0.3 is 0 Å². The van der Waals surface area contributed by atoms with Crippen LogP contribution in [0.5, 0.6) is 0 Å². The summed E-state index contributed by atoms with van der Waals surface area (Å²) < 4.78 is 2.27. The van der Waals surface area contributed by atoms with E-state index in [1.807, 2.05) is 18.2 Å². The van der Waals surface area contributed by atoms with Gasteiger partial charge in [-0.15, -0.1) is 0 Å². The highest BCUT2D eigenvalue weighted by Gasteiger charge is 2.17. The number of aryl methyl sites for hydroxylation is 1. The lowest BCUT2D eigenvalue weighted by atomic mass is 10.2. The molecule has 1 aromatic heterocycles. The number of carbonyl (C=O) groups excluding carboxylic acids is 1. The van der Waals surface area contributed by atoms with Gasteiger partial charge < -0.3 is 14.8 Å². The molecule has 2 heterocycles. The summed E-state index contributed by atoms with van der Waals surface area (Å²) in [5.74, 6) is 1.05. The lowest BCUT2D eigenvalue weighted by molar-refractivity contribution is -0.114. The van der Waals surface area contributed by atoms with Gasteiger partial charge in [0.1, 0.15) is 5.82 Å². The number of piperazine rings is 1. The van der Waals surface area contributed by atoms with Crippen molar-refractivity contribution in [1.29, 1.82) is 0 Å². The van der Waals surface area contributed by atoms with Crippen molar-refractivity contribution in [1.82, 2.24) is 19.4 Å². The van der Waals surface area contributed by atoms with E-state index in [4.69, 9.17) is 4.98 Å². The Balaban J connectivity index is 1.85. The molecule has 1 fully saturated rings. The Morgan fingerprint density at radius 3 is 2.65 bits per heavy atom. The normalized spacial score (nSPS) is 16.8. The van der Waals surface area contributed by atoms with Crippen LogP contribution in [0.2, 0.25) is 0 Å². The molecule has 3 rings (SSSR count). The highest BCUT2D eigenvalue weighted by Crippen LogP contribution is 2.22. The molecule has 0 spiro atoms. The average molecular weight is 315 g/mol. The fourth-order valence-corrected chi connectivity index (χ4v) is 3.14. The molecule has 124 valence electrons. The quantitative estimate of drug-likeness (QED) is 0.934. The van der Waals surface area contributed by atoms with Gasteiger partial charge in [0.05, 0.1) is 17.6 Å². The van der Waals surface area contributed by atoms with Crippen LogP contribution in [-0.4, -0.2) is 58.5 Å². The molecule has 1 aromatic carbocycles. The van der Waals surface area contributed by atoms with Crippen LogP contribution in [0.4, 0.5) is 5.69 Å². The first-order valence-corrected chi connectivity index (χ1v) is 8.24. The summed E-state index contributed by atoms with van der Waals surface area (Å²) in [6, 6.07) is 5.94. The van der Waals surface area contributed by atoms with Crippen molar-refractivity contribution in [3.05, 3.63) is 24.0 Å². The summed E-state index contributed by atoms with van der Waals surface area (Å²) in [5.41, 5.74) is 2.88. The molecule has 0 aliphatic carbocycles. The predicted molar refractivity (Wildman–Crippen MR) is 92.5 cm³/mol. The maximum atomic E-state index is 11.2. The standard InChI is InChI=1S/C17H25N5O/c1-4-22-16-6-5-14(18-13(2)23)11-15(16)19-17(22)12-21-9-7-20(3)8-10-21/h5-6,11H,4,7-10,12H2,1-3H3,(H,18,23). The fraction of sp³-hybridized carbons (Fsp3) is 0.529. The number of imidazole rings is 1. The van der Waals surface area contributed by atoms with Crippen molar-refractivity contribution < 1.29 is 4.79 Å². The van der Waals surface area contributed by atoms with Crippen molar-refractivity contribution in [3.63, 3.8) is 0 Å². The third-order valence-electron chi connectivity index (χ3n) is 4.42. The van der Waals surface area contributed by atoms with E-state index in [2.05, 4.69) is 33.7 Å². The Hall–Kier alpha value is -1.92. The number of nitrogens with zero attached hydrogens (tertiary/aromatic N) is 4. The molecule has 0 saturated carbocycles. The summed E-state index contributed by atoms with van der Waals surface area (Å²) in [7, 11) is 2.17. The number of anilines is 1. The molecule has 6 heteroatoms. The smallest absolute Gasteiger partial charge is 0.221 e. The molecule has 23 heavy (non-hydrogen) atoms. The first-order valence-electron chi connectivity index (χ1n) is 8.24. The molecule has 6 nitrogen and oxygen atoms in total. The molecule has 1 aliphatic heterocycles. The minimum atomic E-state index is -0.0584. The van der Waals surface area contributed by atoms with Crippen LogP contribution in [0.1, 0.15) is 19.7 Å². The number of hydrogen-bond donors (Lipinski definition) is 1. The van der Waals surface area contributed by atoms with Gasteiger partial charge in [0.25, 0.3) is 0 Å². The third-order valence-corrected chi connectivity index (χ3v) is 4.42. The minimum Gasteiger partial charge on any atom is -0.327 e. The predicted octanol–water partition coefficient (Wildman–Crippen LogP) is 1.76. The highest BCUT2D eigenvalue weighted by atomic mass is 16.1. The average Bonchev–Trinajstić information content (AvgIpc) is 2.85. The summed E-state index contributed by atoms with van der Waals surface area (Å²) in [5, 5.41) is 2.83. The van der Waals surface area contributed by atoms with Gasteiger partial charge in [-0.05, 0) is 32.2 Å². The number of benzene rings is 1. The molecule has 0 unspecified atom stereocenters. The van der Waals surface area contributed by atoms with Crippen LogP contribution in [-0.2, 0) is 17.9 Å². The van der Waals surface area contributed by atoms with Crippen LogP contribution in [0.15, 0.2) is 18.2 Å². The second-order valence-corrected chi connectivity index (χ2v) is 6.24. The molecule has 0 atom stereocenters. The molecule has 1 aliphatic rings. The van der Waals surface area contributed by atoms with Gasteiger partial charge in [-0.3, -0.25) is 9.69 Å². The first-order chi connectivity index (χ1) is 11.1. The Morgan fingerprint density at radius 2 is 2.00 bits per heavy atom. The van der Waals surface area contributed by atoms with E-state index in [1.165, 1.54) is 6.92 Å². The topological polar surface area (TPSA) is 53.4 Å². The van der Waals surface area contributed by atoms with Crippen LogP contribution in [0, 0.1) is 0 Å². The van der Waals surface area contributed by atoms with Crippen molar-refractivity contribution in [2.75, 3.05) is 38.5 Å². The molecule has 0 radical (unpaired) electrons. The van der Waals surface area contributed by atoms with Gasteiger partial charge in [-0.2, -0.15) is 0 Å². The summed E-state index contributed by atoms with van der Waals surface area (Å²) in [6.45, 7) is 9.84. The second-order valence-electron chi connectivity index (χ2n) is 6.24. The van der Waals surface area contributed by atoms with Crippen LogP contribution < -0.4 is 5.32 Å². The zero-order valence-electron chi connectivity index (χ0n) is 14.2. The van der Waals surface area contributed by atoms with Gasteiger partial charge in [0.15, 0.2) is 0 Å². The lowest BCUT2D eigenvalue weighted by Crippen LogP contribution is -2.44. The number of rotatable bonds is 4. The summed E-state index contributed by atoms with van der Waals surface area (Å²) >= 11 is 0. The molecule has 1 saturated heterocycles. The SMILES string of the molecule is CCn1c(CN2CCN(C)CC2)nc2cc(NC(C)=O)ccc21. The molecule has 0 bridgehead atoms. The van der Waals surface area contributed by atoms with E-state index in [9.17, 15) is 4.79 Å². The van der Waals surface area contributed by atoms with Crippen molar-refractivity contribution in [2.24, 2.45) is 0 Å². The number of amides is 1. The Bertz CT molecular complexity index is 700. The zero-order valence-corrected chi connectivity index (χ0v) is 14.2. The van der Waals surface area contributed by atoms with Gasteiger partial charge in [-0.25, -0.2) is 4.98 Å². The lowest BCUT2D eigenvalue weighted by Gasteiger charge is -2.32. The number of nitrogens with one attached hydrogen (secondary N) is 1. The molecule has 1 amide bonds. The monoisotopic (exact) mass is 315 g/mol. The van der Waals surface area contributed by atoms with E-state index in [0.717, 1.165) is 61.8 Å². The second kappa shape index (κ2) is 6.68. The molecular weight excluding hydrogens is 290 g/mol. The van der Waals surface area contributed by atoms with Gasteiger partial charge in [-0.1, -0.05) is 0 Å². The van der Waals surface area contributed by atoms with E-state index < -0.39 is 0 Å². The molecule has 2 aromatic rings. The van der Waals surface area contributed by atoms with E-state index in [0.29, 0.717) is 0 Å². The van der Waals surface area contributed by atoms with E-state index in [-0.39, 0.29) is 5.91 Å². The summed E-state index contributed by atoms with van der Waals surface area (Å²) in [4.78, 5) is 20.9. The van der Waals surface area contributed by atoms with Crippen molar-refractivity contribution in [2.45, 2.75) is 26.9 Å². The first kappa shape index (κ1) is 16.0. The maximum Gasteiger partial charge on any atom is 0.221 e. The number of carbonyl (C=O) groups is 1. The van der Waals surface area contributed by atoms with E-state index >= 15 is 0 Å². The van der Waals surface area contributed by atoms with Gasteiger partial charge in [0, 0.05) is 45.3 Å². The maximum absolute atomic E-state index is 11.2. The molecule has 1 N–H and O–H groups in total. The number of hydrogen-bond acceptors (Lipinski definition) is 4. The number of fused-ring (bicyclic) bond motifs is 1. The number of aromatic nitrogens is 2. The van der Waals surface area contributed by atoms with Crippen LogP contribution in [0.25, 0.3) is 11.0 Å². The zero-order chi connectivity index (χ0) is 16.4. The highest BCUT2D eigenvalue weighted by molar-refractivity contribution is 5.91. The van der Waals surface area contributed by atoms with Crippen LogP contribution >= 0.6 is 0 Å². The largest absolute Gasteiger partial charge is 0.327 e. The fourth-order valence-electron chi connectivity index (χ4n) is 3.14. The Morgan fingerprint density at radius 1 is 1.26 bits per heavy atom. The van der Waals surface area contributed by atoms with Gasteiger partial charge in [0.2, 0.25) is 5.91 Å². The van der Waals surface area contributed by atoms with E-state index in [1.54, 1.807) is 0 Å².